The first kappa shape index (κ1) is 21.7. The first-order valence-corrected chi connectivity index (χ1v) is 12.0. The van der Waals surface area contributed by atoms with Crippen LogP contribution in [0, 0.1) is 12.8 Å². The predicted octanol–water partition coefficient (Wildman–Crippen LogP) is 7.50. The lowest BCUT2D eigenvalue weighted by Crippen LogP contribution is -2.11. The van der Waals surface area contributed by atoms with E-state index in [1.54, 1.807) is 0 Å². The minimum absolute atomic E-state index is 0.0892. The van der Waals surface area contributed by atoms with E-state index in [1.165, 1.54) is 35.1 Å². The Morgan fingerprint density at radius 3 is 2.12 bits per heavy atom. The van der Waals surface area contributed by atoms with Gasteiger partial charge in [0.15, 0.2) is 5.76 Å². The Morgan fingerprint density at radius 2 is 1.48 bits per heavy atom. The van der Waals surface area contributed by atoms with Crippen LogP contribution in [0.5, 0.6) is 0 Å². The highest BCUT2D eigenvalue weighted by Gasteiger charge is 2.26. The molecule has 4 aromatic rings. The molecule has 1 heterocycles. The van der Waals surface area contributed by atoms with Gasteiger partial charge in [0.1, 0.15) is 0 Å². The Labute approximate surface area is 196 Å². The van der Waals surface area contributed by atoms with Gasteiger partial charge in [0.05, 0.1) is 17.4 Å². The Morgan fingerprint density at radius 1 is 0.879 bits per heavy atom. The minimum Gasteiger partial charge on any atom is -0.388 e. The highest BCUT2D eigenvalue weighted by Crippen LogP contribution is 2.41. The topological polar surface area (TPSA) is 46.3 Å². The molecule has 1 aliphatic carbocycles. The van der Waals surface area contributed by atoms with Crippen molar-refractivity contribution >= 4 is 0 Å². The van der Waals surface area contributed by atoms with Gasteiger partial charge in [-0.1, -0.05) is 90.9 Å². The normalized spacial score (nSPS) is 15.4. The zero-order valence-electron chi connectivity index (χ0n) is 19.4. The second kappa shape index (κ2) is 9.36. The standard InChI is InChI=1S/C30H31NO2/c1-20(8-9-22-6-4-3-5-7-22)29(32)28-21(2)31-33-30(28)27-18-16-26(17-19-27)25-14-12-24(13-15-25)23-10-11-23/h3-7,12-20,23,29,32H,8-11H2,1-2H3. The molecule has 0 radical (unpaired) electrons. The fourth-order valence-corrected chi connectivity index (χ4v) is 4.59. The van der Waals surface area contributed by atoms with Crippen LogP contribution in [-0.2, 0) is 6.42 Å². The van der Waals surface area contributed by atoms with E-state index in [4.69, 9.17) is 4.52 Å². The zero-order valence-corrected chi connectivity index (χ0v) is 19.4. The van der Waals surface area contributed by atoms with Crippen LogP contribution in [0.1, 0.15) is 60.6 Å². The van der Waals surface area contributed by atoms with E-state index in [0.717, 1.165) is 35.6 Å². The van der Waals surface area contributed by atoms with Gasteiger partial charge in [-0.05, 0) is 66.7 Å². The van der Waals surface area contributed by atoms with E-state index in [2.05, 4.69) is 84.9 Å². The molecule has 168 valence electrons. The summed E-state index contributed by atoms with van der Waals surface area (Å²) in [5, 5.41) is 15.4. The molecule has 2 unspecified atom stereocenters. The molecule has 1 N–H and O–H groups in total. The van der Waals surface area contributed by atoms with E-state index >= 15 is 0 Å². The van der Waals surface area contributed by atoms with Crippen molar-refractivity contribution in [1.29, 1.82) is 0 Å². The molecule has 3 nitrogen and oxygen atoms in total. The number of rotatable bonds is 8. The maximum absolute atomic E-state index is 11.2. The zero-order chi connectivity index (χ0) is 22.8. The average Bonchev–Trinajstić information content (AvgIpc) is 3.64. The first-order valence-electron chi connectivity index (χ1n) is 12.0. The number of aromatic nitrogens is 1. The van der Waals surface area contributed by atoms with Gasteiger partial charge in [-0.15, -0.1) is 0 Å². The number of benzene rings is 3. The molecule has 2 atom stereocenters. The van der Waals surface area contributed by atoms with Crippen molar-refractivity contribution < 1.29 is 9.63 Å². The smallest absolute Gasteiger partial charge is 0.172 e. The molecule has 3 aromatic carbocycles. The second-order valence-electron chi connectivity index (χ2n) is 9.43. The Balaban J connectivity index is 1.32. The fourth-order valence-electron chi connectivity index (χ4n) is 4.59. The summed E-state index contributed by atoms with van der Waals surface area (Å²) in [6.07, 6.45) is 3.86. The minimum atomic E-state index is -0.621. The lowest BCUT2D eigenvalue weighted by molar-refractivity contribution is 0.112. The number of aliphatic hydroxyl groups excluding tert-OH is 1. The summed E-state index contributed by atoms with van der Waals surface area (Å²) < 4.78 is 5.70. The van der Waals surface area contributed by atoms with Crippen LogP contribution in [0.4, 0.5) is 0 Å². The molecule has 1 saturated carbocycles. The molecule has 0 bridgehead atoms. The summed E-state index contributed by atoms with van der Waals surface area (Å²) in [4.78, 5) is 0. The van der Waals surface area contributed by atoms with Gasteiger partial charge in [-0.25, -0.2) is 0 Å². The molecule has 3 heteroatoms. The monoisotopic (exact) mass is 437 g/mol. The molecule has 1 fully saturated rings. The lowest BCUT2D eigenvalue weighted by atomic mass is 9.89. The van der Waals surface area contributed by atoms with Crippen molar-refractivity contribution in [2.75, 3.05) is 0 Å². The molecule has 1 aliphatic rings. The van der Waals surface area contributed by atoms with Crippen LogP contribution < -0.4 is 0 Å². The third-order valence-corrected chi connectivity index (χ3v) is 6.91. The molecule has 0 saturated heterocycles. The van der Waals surface area contributed by atoms with Gasteiger partial charge in [0.25, 0.3) is 0 Å². The van der Waals surface area contributed by atoms with E-state index in [-0.39, 0.29) is 5.92 Å². The fraction of sp³-hybridized carbons (Fsp3) is 0.300. The summed E-state index contributed by atoms with van der Waals surface area (Å²) in [6.45, 7) is 4.00. The van der Waals surface area contributed by atoms with Crippen LogP contribution in [0.3, 0.4) is 0 Å². The van der Waals surface area contributed by atoms with Crippen molar-refractivity contribution in [3.05, 3.63) is 101 Å². The predicted molar refractivity (Wildman–Crippen MR) is 133 cm³/mol. The first-order chi connectivity index (χ1) is 16.1. The summed E-state index contributed by atoms with van der Waals surface area (Å²) in [7, 11) is 0. The molecular formula is C30H31NO2. The molecule has 0 aliphatic heterocycles. The summed E-state index contributed by atoms with van der Waals surface area (Å²) in [5.74, 6) is 1.53. The van der Waals surface area contributed by atoms with Crippen molar-refractivity contribution in [2.45, 2.75) is 51.6 Å². The van der Waals surface area contributed by atoms with Gasteiger partial charge in [0.2, 0.25) is 0 Å². The van der Waals surface area contributed by atoms with Gasteiger partial charge in [-0.3, -0.25) is 0 Å². The molecule has 5 rings (SSSR count). The quantitative estimate of drug-likeness (QED) is 0.310. The Kier molecular flexibility index (Phi) is 6.15. The van der Waals surface area contributed by atoms with Crippen molar-refractivity contribution in [3.8, 4) is 22.5 Å². The maximum atomic E-state index is 11.2. The van der Waals surface area contributed by atoms with Gasteiger partial charge in [-0.2, -0.15) is 0 Å². The summed E-state index contributed by atoms with van der Waals surface area (Å²) >= 11 is 0. The Bertz CT molecular complexity index is 1190. The third kappa shape index (κ3) is 4.79. The number of hydrogen-bond acceptors (Lipinski definition) is 3. The van der Waals surface area contributed by atoms with Crippen LogP contribution in [0.2, 0.25) is 0 Å². The number of nitrogens with zero attached hydrogens (tertiary/aromatic N) is 1. The molecule has 33 heavy (non-hydrogen) atoms. The van der Waals surface area contributed by atoms with E-state index < -0.39 is 6.10 Å². The molecule has 0 spiro atoms. The van der Waals surface area contributed by atoms with E-state index in [9.17, 15) is 5.11 Å². The highest BCUT2D eigenvalue weighted by molar-refractivity contribution is 5.70. The summed E-state index contributed by atoms with van der Waals surface area (Å²) in [6, 6.07) is 27.7. The third-order valence-electron chi connectivity index (χ3n) is 6.91. The average molecular weight is 438 g/mol. The number of aliphatic hydroxyl groups is 1. The Hall–Kier alpha value is -3.17. The lowest BCUT2D eigenvalue weighted by Gasteiger charge is -2.19. The van der Waals surface area contributed by atoms with Crippen LogP contribution in [-0.4, -0.2) is 10.3 Å². The second-order valence-corrected chi connectivity index (χ2v) is 9.43. The van der Waals surface area contributed by atoms with Crippen LogP contribution in [0.15, 0.2) is 83.4 Å². The molecule has 1 aromatic heterocycles. The highest BCUT2D eigenvalue weighted by atomic mass is 16.5. The van der Waals surface area contributed by atoms with Gasteiger partial charge < -0.3 is 9.63 Å². The largest absolute Gasteiger partial charge is 0.388 e. The molecule has 0 amide bonds. The number of hydrogen-bond donors (Lipinski definition) is 1. The maximum Gasteiger partial charge on any atom is 0.172 e. The van der Waals surface area contributed by atoms with Gasteiger partial charge in [0, 0.05) is 5.56 Å². The van der Waals surface area contributed by atoms with Crippen LogP contribution in [0.25, 0.3) is 22.5 Å². The number of aryl methyl sites for hydroxylation is 2. The van der Waals surface area contributed by atoms with Gasteiger partial charge >= 0.3 is 0 Å². The van der Waals surface area contributed by atoms with Crippen molar-refractivity contribution in [3.63, 3.8) is 0 Å². The van der Waals surface area contributed by atoms with Crippen molar-refractivity contribution in [2.24, 2.45) is 5.92 Å². The summed E-state index contributed by atoms with van der Waals surface area (Å²) in [5.41, 5.74) is 7.64. The van der Waals surface area contributed by atoms with Crippen LogP contribution >= 0.6 is 0 Å². The van der Waals surface area contributed by atoms with E-state index in [1.807, 2.05) is 13.0 Å². The van der Waals surface area contributed by atoms with E-state index in [0.29, 0.717) is 5.76 Å². The SMILES string of the molecule is Cc1noc(-c2ccc(-c3ccc(C4CC4)cc3)cc2)c1C(O)C(C)CCc1ccccc1. The van der Waals surface area contributed by atoms with Crippen molar-refractivity contribution in [1.82, 2.24) is 5.16 Å². The molecular weight excluding hydrogens is 406 g/mol.